The second-order valence-electron chi connectivity index (χ2n) is 14.8. The van der Waals surface area contributed by atoms with Gasteiger partial charge in [-0.05, 0) is 62.7 Å². The quantitative estimate of drug-likeness (QED) is 0.185. The Bertz CT molecular complexity index is 3060. The summed E-state index contributed by atoms with van der Waals surface area (Å²) >= 11 is 0. The van der Waals surface area contributed by atoms with Crippen LogP contribution in [0.15, 0.2) is 170 Å². The molecule has 0 atom stereocenters. The molecule has 0 aliphatic heterocycles. The smallest absolute Gasteiger partial charge is 0.164 e. The Balaban J connectivity index is 1.20. The van der Waals surface area contributed by atoms with Crippen LogP contribution in [-0.4, -0.2) is 19.5 Å². The molecule has 54 heavy (non-hydrogen) atoms. The van der Waals surface area contributed by atoms with Gasteiger partial charge in [-0.3, -0.25) is 0 Å². The van der Waals surface area contributed by atoms with E-state index in [0.717, 1.165) is 33.2 Å². The van der Waals surface area contributed by atoms with Crippen LogP contribution in [0.1, 0.15) is 25.0 Å². The van der Waals surface area contributed by atoms with E-state index in [-0.39, 0.29) is 5.41 Å². The number of aromatic nitrogens is 4. The van der Waals surface area contributed by atoms with Gasteiger partial charge in [-0.25, -0.2) is 15.0 Å². The highest BCUT2D eigenvalue weighted by molar-refractivity contribution is 6.14. The van der Waals surface area contributed by atoms with Gasteiger partial charge in [0.2, 0.25) is 0 Å². The Morgan fingerprint density at radius 3 is 1.78 bits per heavy atom. The zero-order chi connectivity index (χ0) is 36.0. The van der Waals surface area contributed by atoms with E-state index in [2.05, 4.69) is 152 Å². The van der Waals surface area contributed by atoms with E-state index in [4.69, 9.17) is 15.0 Å². The summed E-state index contributed by atoms with van der Waals surface area (Å²) in [5.74, 6) is 1.94. The van der Waals surface area contributed by atoms with E-state index in [1.165, 1.54) is 54.8 Å². The second kappa shape index (κ2) is 11.5. The lowest BCUT2D eigenvalue weighted by Gasteiger charge is -2.23. The van der Waals surface area contributed by atoms with Crippen molar-refractivity contribution in [1.29, 1.82) is 0 Å². The molecule has 0 amide bonds. The van der Waals surface area contributed by atoms with Crippen LogP contribution < -0.4 is 0 Å². The van der Waals surface area contributed by atoms with Crippen molar-refractivity contribution in [1.82, 2.24) is 19.5 Å². The predicted octanol–water partition coefficient (Wildman–Crippen LogP) is 12.6. The maximum Gasteiger partial charge on any atom is 0.164 e. The summed E-state index contributed by atoms with van der Waals surface area (Å²) in [5.41, 5.74) is 11.5. The summed E-state index contributed by atoms with van der Waals surface area (Å²) in [7, 11) is 0. The molecule has 1 aliphatic rings. The second-order valence-corrected chi connectivity index (χ2v) is 14.8. The lowest BCUT2D eigenvalue weighted by atomic mass is 9.80. The largest absolute Gasteiger partial charge is 0.309 e. The van der Waals surface area contributed by atoms with Crippen molar-refractivity contribution in [3.63, 3.8) is 0 Å². The van der Waals surface area contributed by atoms with E-state index in [0.29, 0.717) is 17.5 Å². The van der Waals surface area contributed by atoms with E-state index < -0.39 is 0 Å². The third-order valence-corrected chi connectivity index (χ3v) is 11.4. The first-order chi connectivity index (χ1) is 26.5. The molecule has 4 nitrogen and oxygen atoms in total. The highest BCUT2D eigenvalue weighted by atomic mass is 15.0. The van der Waals surface area contributed by atoms with Crippen LogP contribution in [0.5, 0.6) is 0 Å². The van der Waals surface area contributed by atoms with Crippen molar-refractivity contribution in [3.05, 3.63) is 181 Å². The third kappa shape index (κ3) is 4.47. The zero-order valence-corrected chi connectivity index (χ0v) is 30.0. The topological polar surface area (TPSA) is 43.6 Å². The molecule has 0 radical (unpaired) electrons. The number of rotatable bonds is 4. The summed E-state index contributed by atoms with van der Waals surface area (Å²) in [6.45, 7) is 4.77. The molecule has 0 spiro atoms. The minimum Gasteiger partial charge on any atom is -0.309 e. The maximum absolute atomic E-state index is 5.18. The minimum absolute atomic E-state index is 0.183. The van der Waals surface area contributed by atoms with E-state index >= 15 is 0 Å². The fraction of sp³-hybridized carbons (Fsp3) is 0.0600. The van der Waals surface area contributed by atoms with Gasteiger partial charge in [-0.2, -0.15) is 0 Å². The van der Waals surface area contributed by atoms with Gasteiger partial charge >= 0.3 is 0 Å². The van der Waals surface area contributed by atoms with E-state index in [9.17, 15) is 0 Å². The van der Waals surface area contributed by atoms with Crippen LogP contribution in [0.4, 0.5) is 0 Å². The van der Waals surface area contributed by atoms with Crippen molar-refractivity contribution in [2.45, 2.75) is 19.3 Å². The lowest BCUT2D eigenvalue weighted by Crippen LogP contribution is -2.15. The van der Waals surface area contributed by atoms with Gasteiger partial charge in [-0.1, -0.05) is 159 Å². The van der Waals surface area contributed by atoms with Crippen LogP contribution in [0.25, 0.3) is 94.3 Å². The molecule has 0 N–H and O–H groups in total. The SMILES string of the molecule is CC1(C)c2cc3c(cc2-c2ccc4ccccc4c21)c1ccccc1n3-c1cccc2cccc(-c3nc(-c4ccccc4)nc(-c4ccccc4)n3)c12. The molecule has 8 aromatic carbocycles. The van der Waals surface area contributed by atoms with Gasteiger partial charge in [0.15, 0.2) is 17.5 Å². The first-order valence-corrected chi connectivity index (χ1v) is 18.5. The van der Waals surface area contributed by atoms with E-state index in [1.807, 2.05) is 36.4 Å². The third-order valence-electron chi connectivity index (χ3n) is 11.4. The predicted molar refractivity (Wildman–Crippen MR) is 223 cm³/mol. The molecule has 254 valence electrons. The summed E-state index contributed by atoms with van der Waals surface area (Å²) < 4.78 is 2.46. The Kier molecular flexibility index (Phi) is 6.56. The molecule has 2 aromatic heterocycles. The fourth-order valence-electron chi connectivity index (χ4n) is 8.94. The number of hydrogen-bond donors (Lipinski definition) is 0. The molecule has 0 unspecified atom stereocenters. The number of nitrogens with zero attached hydrogens (tertiary/aromatic N) is 4. The number of para-hydroxylation sites is 1. The lowest BCUT2D eigenvalue weighted by molar-refractivity contribution is 0.667. The highest BCUT2D eigenvalue weighted by Crippen LogP contribution is 2.53. The molecule has 4 heteroatoms. The van der Waals surface area contributed by atoms with Crippen LogP contribution >= 0.6 is 0 Å². The number of fused-ring (bicyclic) bond motifs is 9. The van der Waals surface area contributed by atoms with Crippen LogP contribution in [0.2, 0.25) is 0 Å². The molecular formula is C50H34N4. The van der Waals surface area contributed by atoms with Gasteiger partial charge in [0.1, 0.15) is 0 Å². The van der Waals surface area contributed by atoms with Gasteiger partial charge in [0.25, 0.3) is 0 Å². The van der Waals surface area contributed by atoms with Gasteiger partial charge in [-0.15, -0.1) is 0 Å². The van der Waals surface area contributed by atoms with Crippen molar-refractivity contribution in [3.8, 4) is 51.0 Å². The average Bonchev–Trinajstić information content (AvgIpc) is 3.67. The summed E-state index contributed by atoms with van der Waals surface area (Å²) in [5, 5.41) is 7.31. The van der Waals surface area contributed by atoms with Crippen LogP contribution in [0, 0.1) is 0 Å². The average molecular weight is 691 g/mol. The minimum atomic E-state index is -0.183. The molecule has 10 aromatic rings. The fourth-order valence-corrected chi connectivity index (χ4v) is 8.94. The Morgan fingerprint density at radius 1 is 0.426 bits per heavy atom. The van der Waals surface area contributed by atoms with Gasteiger partial charge < -0.3 is 4.57 Å². The first-order valence-electron chi connectivity index (χ1n) is 18.5. The monoisotopic (exact) mass is 690 g/mol. The zero-order valence-electron chi connectivity index (χ0n) is 30.0. The highest BCUT2D eigenvalue weighted by Gasteiger charge is 2.38. The Hall–Kier alpha value is -6.91. The molecule has 0 bridgehead atoms. The number of hydrogen-bond acceptors (Lipinski definition) is 3. The molecular weight excluding hydrogens is 657 g/mol. The molecule has 0 saturated carbocycles. The summed E-state index contributed by atoms with van der Waals surface area (Å²) in [6.07, 6.45) is 0. The van der Waals surface area contributed by atoms with E-state index in [1.54, 1.807) is 0 Å². The Labute approximate surface area is 313 Å². The molecule has 11 rings (SSSR count). The van der Waals surface area contributed by atoms with Crippen molar-refractivity contribution in [2.24, 2.45) is 0 Å². The van der Waals surface area contributed by atoms with Crippen molar-refractivity contribution < 1.29 is 0 Å². The normalized spacial score (nSPS) is 13.1. The molecule has 1 aliphatic carbocycles. The molecule has 0 saturated heterocycles. The first kappa shape index (κ1) is 30.7. The van der Waals surface area contributed by atoms with Crippen molar-refractivity contribution in [2.75, 3.05) is 0 Å². The maximum atomic E-state index is 5.18. The Morgan fingerprint density at radius 2 is 1.04 bits per heavy atom. The van der Waals surface area contributed by atoms with Crippen molar-refractivity contribution >= 4 is 43.4 Å². The van der Waals surface area contributed by atoms with Gasteiger partial charge in [0.05, 0.1) is 16.7 Å². The van der Waals surface area contributed by atoms with Crippen LogP contribution in [0.3, 0.4) is 0 Å². The molecule has 0 fully saturated rings. The number of benzene rings is 8. The summed E-state index contributed by atoms with van der Waals surface area (Å²) in [4.78, 5) is 15.3. The van der Waals surface area contributed by atoms with Crippen LogP contribution in [-0.2, 0) is 5.41 Å². The molecule has 2 heterocycles. The summed E-state index contributed by atoms with van der Waals surface area (Å²) in [6, 6.07) is 60.5. The standard InChI is InChI=1S/C50H34N4/c1-50(2)41-30-44-40(29-39(41)37-28-27-31-15-9-10-22-35(31)46(37)50)36-23-11-12-25-42(36)54(44)43-26-14-21-32-20-13-24-38(45(32)43)49-52-47(33-16-5-3-6-17-33)51-48(53-49)34-18-7-4-8-19-34/h3-30H,1-2H3. The van der Waals surface area contributed by atoms with Gasteiger partial charge in [0, 0.05) is 38.3 Å².